The van der Waals surface area contributed by atoms with Gasteiger partial charge in [-0.15, -0.1) is 0 Å². The van der Waals surface area contributed by atoms with Crippen LogP contribution in [0.25, 0.3) is 22.0 Å². The van der Waals surface area contributed by atoms with E-state index in [1.807, 2.05) is 6.07 Å². The molecule has 1 aromatic heterocycles. The van der Waals surface area contributed by atoms with E-state index >= 15 is 0 Å². The van der Waals surface area contributed by atoms with E-state index in [0.29, 0.717) is 6.67 Å². The third kappa shape index (κ3) is 2.59. The summed E-state index contributed by atoms with van der Waals surface area (Å²) in [7, 11) is 0. The molecule has 2 heterocycles. The molecule has 0 saturated carbocycles. The first-order chi connectivity index (χ1) is 11.3. The lowest BCUT2D eigenvalue weighted by Crippen LogP contribution is -2.12. The fourth-order valence-corrected chi connectivity index (χ4v) is 3.01. The zero-order valence-corrected chi connectivity index (χ0v) is 12.7. The molecule has 23 heavy (non-hydrogen) atoms. The van der Waals surface area contributed by atoms with Gasteiger partial charge in [-0.3, -0.25) is 0 Å². The number of nitrogens with two attached hydrogens (primary N) is 1. The van der Waals surface area contributed by atoms with E-state index in [4.69, 9.17) is 10.5 Å². The van der Waals surface area contributed by atoms with Gasteiger partial charge in [0.05, 0.1) is 18.8 Å². The number of aromatic nitrogens is 2. The van der Waals surface area contributed by atoms with Crippen LogP contribution in [-0.2, 0) is 6.42 Å². The summed E-state index contributed by atoms with van der Waals surface area (Å²) in [4.78, 5) is 8.60. The molecule has 1 aliphatic rings. The van der Waals surface area contributed by atoms with Gasteiger partial charge < -0.3 is 15.8 Å². The van der Waals surface area contributed by atoms with Gasteiger partial charge in [0.1, 0.15) is 17.9 Å². The first-order valence-electron chi connectivity index (χ1n) is 7.80. The molecule has 0 spiro atoms. The lowest BCUT2D eigenvalue weighted by molar-refractivity contribution is 0.288. The average molecular weight is 306 g/mol. The molecule has 5 nitrogen and oxygen atoms in total. The van der Waals surface area contributed by atoms with Crippen LogP contribution in [0.3, 0.4) is 0 Å². The zero-order valence-electron chi connectivity index (χ0n) is 12.7. The minimum Gasteiger partial charge on any atom is -0.493 e. The van der Waals surface area contributed by atoms with Crippen LogP contribution in [0, 0.1) is 0 Å². The second-order valence-corrected chi connectivity index (χ2v) is 5.61. The standard InChI is InChI=1S/C18H18N4O/c19-10-20-18-15-9-13(3-5-16(15)21-11-22-18)12-4-6-17-14(8-12)2-1-7-23-17/h3-6,8-9,11H,1-2,7,10,19H2,(H,20,21,22). The van der Waals surface area contributed by atoms with Gasteiger partial charge in [-0.05, 0) is 53.8 Å². The number of hydrogen-bond acceptors (Lipinski definition) is 5. The molecule has 1 aliphatic heterocycles. The van der Waals surface area contributed by atoms with Crippen LogP contribution in [0.4, 0.5) is 5.82 Å². The maximum atomic E-state index is 5.69. The Labute approximate surface area is 134 Å². The molecule has 116 valence electrons. The molecular weight excluding hydrogens is 288 g/mol. The number of nitrogens with one attached hydrogen (secondary N) is 1. The highest BCUT2D eigenvalue weighted by atomic mass is 16.5. The Kier molecular flexibility index (Phi) is 3.55. The highest BCUT2D eigenvalue weighted by molar-refractivity contribution is 5.92. The monoisotopic (exact) mass is 306 g/mol. The normalized spacial score (nSPS) is 13.4. The third-order valence-corrected chi connectivity index (χ3v) is 4.15. The van der Waals surface area contributed by atoms with E-state index in [1.54, 1.807) is 6.33 Å². The fourth-order valence-electron chi connectivity index (χ4n) is 3.01. The second-order valence-electron chi connectivity index (χ2n) is 5.61. The summed E-state index contributed by atoms with van der Waals surface area (Å²) in [6, 6.07) is 12.6. The number of anilines is 1. The Morgan fingerprint density at radius 1 is 1.09 bits per heavy atom. The van der Waals surface area contributed by atoms with Crippen molar-refractivity contribution in [3.05, 3.63) is 48.3 Å². The number of aryl methyl sites for hydroxylation is 1. The van der Waals surface area contributed by atoms with Crippen molar-refractivity contribution in [2.24, 2.45) is 5.73 Å². The number of ether oxygens (including phenoxy) is 1. The summed E-state index contributed by atoms with van der Waals surface area (Å²) < 4.78 is 5.69. The summed E-state index contributed by atoms with van der Waals surface area (Å²) in [5.74, 6) is 1.77. The Morgan fingerprint density at radius 2 is 1.96 bits per heavy atom. The summed E-state index contributed by atoms with van der Waals surface area (Å²) in [5, 5.41) is 4.06. The number of nitrogens with zero attached hydrogens (tertiary/aromatic N) is 2. The van der Waals surface area contributed by atoms with Gasteiger partial charge in [-0.25, -0.2) is 9.97 Å². The van der Waals surface area contributed by atoms with E-state index in [2.05, 4.69) is 45.6 Å². The van der Waals surface area contributed by atoms with Gasteiger partial charge in [0, 0.05) is 5.39 Å². The molecule has 2 aromatic carbocycles. The van der Waals surface area contributed by atoms with Gasteiger partial charge in [-0.1, -0.05) is 12.1 Å². The highest BCUT2D eigenvalue weighted by Gasteiger charge is 2.12. The predicted octanol–water partition coefficient (Wildman–Crippen LogP) is 2.95. The summed E-state index contributed by atoms with van der Waals surface area (Å²) in [6.07, 6.45) is 3.70. The molecule has 0 saturated heterocycles. The highest BCUT2D eigenvalue weighted by Crippen LogP contribution is 2.32. The van der Waals surface area contributed by atoms with Gasteiger partial charge in [0.2, 0.25) is 0 Å². The van der Waals surface area contributed by atoms with Gasteiger partial charge in [0.15, 0.2) is 0 Å². The number of hydrogen-bond donors (Lipinski definition) is 2. The van der Waals surface area contributed by atoms with Crippen molar-refractivity contribution in [1.29, 1.82) is 0 Å². The molecule has 5 heteroatoms. The van der Waals surface area contributed by atoms with E-state index in [1.165, 1.54) is 11.1 Å². The van der Waals surface area contributed by atoms with Gasteiger partial charge in [0.25, 0.3) is 0 Å². The van der Waals surface area contributed by atoms with E-state index in [-0.39, 0.29) is 0 Å². The molecule has 0 atom stereocenters. The first-order valence-corrected chi connectivity index (χ1v) is 7.80. The Hall–Kier alpha value is -2.66. The van der Waals surface area contributed by atoms with E-state index < -0.39 is 0 Å². The lowest BCUT2D eigenvalue weighted by Gasteiger charge is -2.18. The molecule has 3 aromatic rings. The zero-order chi connectivity index (χ0) is 15.6. The van der Waals surface area contributed by atoms with Crippen LogP contribution in [0.5, 0.6) is 5.75 Å². The number of rotatable bonds is 3. The summed E-state index contributed by atoms with van der Waals surface area (Å²) in [5.41, 5.74) is 10.1. The lowest BCUT2D eigenvalue weighted by atomic mass is 9.98. The minimum atomic E-state index is 0.340. The molecule has 0 aliphatic carbocycles. The van der Waals surface area contributed by atoms with Crippen molar-refractivity contribution >= 4 is 16.7 Å². The Bertz CT molecular complexity index is 863. The van der Waals surface area contributed by atoms with Crippen molar-refractivity contribution in [3.8, 4) is 16.9 Å². The van der Waals surface area contributed by atoms with Crippen LogP contribution in [0.15, 0.2) is 42.7 Å². The van der Waals surface area contributed by atoms with Gasteiger partial charge >= 0.3 is 0 Å². The van der Waals surface area contributed by atoms with Crippen molar-refractivity contribution in [2.45, 2.75) is 12.8 Å². The topological polar surface area (TPSA) is 73.1 Å². The Morgan fingerprint density at radius 3 is 2.87 bits per heavy atom. The first kappa shape index (κ1) is 14.0. The maximum absolute atomic E-state index is 5.69. The molecule has 0 bridgehead atoms. The van der Waals surface area contributed by atoms with Crippen molar-refractivity contribution in [3.63, 3.8) is 0 Å². The fraction of sp³-hybridized carbons (Fsp3) is 0.222. The third-order valence-electron chi connectivity index (χ3n) is 4.15. The molecule has 4 rings (SSSR count). The SMILES string of the molecule is NCNc1ncnc2ccc(-c3ccc4c(c3)CCCO4)cc12. The quantitative estimate of drug-likeness (QED) is 0.728. The maximum Gasteiger partial charge on any atom is 0.138 e. The minimum absolute atomic E-state index is 0.340. The average Bonchev–Trinajstić information content (AvgIpc) is 2.61. The van der Waals surface area contributed by atoms with E-state index in [0.717, 1.165) is 47.5 Å². The van der Waals surface area contributed by atoms with Crippen molar-refractivity contribution in [1.82, 2.24) is 9.97 Å². The van der Waals surface area contributed by atoms with E-state index in [9.17, 15) is 0 Å². The van der Waals surface area contributed by atoms with Crippen LogP contribution in [-0.4, -0.2) is 23.2 Å². The summed E-state index contributed by atoms with van der Waals surface area (Å²) in [6.45, 7) is 1.15. The van der Waals surface area contributed by atoms with Crippen molar-refractivity contribution < 1.29 is 4.74 Å². The predicted molar refractivity (Wildman–Crippen MR) is 91.5 cm³/mol. The molecule has 0 amide bonds. The number of fused-ring (bicyclic) bond motifs is 2. The Balaban J connectivity index is 1.81. The van der Waals surface area contributed by atoms with Crippen molar-refractivity contribution in [2.75, 3.05) is 18.6 Å². The molecular formula is C18H18N4O. The summed E-state index contributed by atoms with van der Waals surface area (Å²) >= 11 is 0. The smallest absolute Gasteiger partial charge is 0.138 e. The molecule has 0 fully saturated rings. The van der Waals surface area contributed by atoms with Crippen LogP contribution in [0.1, 0.15) is 12.0 Å². The number of benzene rings is 2. The van der Waals surface area contributed by atoms with Crippen LogP contribution in [0.2, 0.25) is 0 Å². The molecule has 3 N–H and O–H groups in total. The second kappa shape index (κ2) is 5.85. The van der Waals surface area contributed by atoms with Crippen LogP contribution >= 0.6 is 0 Å². The molecule has 0 radical (unpaired) electrons. The molecule has 0 unspecified atom stereocenters. The van der Waals surface area contributed by atoms with Gasteiger partial charge in [-0.2, -0.15) is 0 Å². The van der Waals surface area contributed by atoms with Crippen LogP contribution < -0.4 is 15.8 Å². The largest absolute Gasteiger partial charge is 0.493 e.